The minimum Gasteiger partial charge on any atom is -0.357 e. The van der Waals surface area contributed by atoms with E-state index in [1.165, 1.54) is 0 Å². The molecule has 0 spiro atoms. The smallest absolute Gasteiger partial charge is 0.185 e. The lowest BCUT2D eigenvalue weighted by atomic mass is 9.67. The topological polar surface area (TPSA) is 67.9 Å². The molecule has 3 atom stereocenters. The highest BCUT2D eigenvalue weighted by Gasteiger charge is 2.64. The number of nitriles is 2. The van der Waals surface area contributed by atoms with E-state index in [4.69, 9.17) is 11.6 Å². The maximum absolute atomic E-state index is 14.2. The highest BCUT2D eigenvalue weighted by Crippen LogP contribution is 2.60. The summed E-state index contributed by atoms with van der Waals surface area (Å²) in [7, 11) is 0. The van der Waals surface area contributed by atoms with Crippen molar-refractivity contribution in [2.75, 3.05) is 0 Å². The van der Waals surface area contributed by atoms with Crippen LogP contribution < -0.4 is 0 Å². The summed E-state index contributed by atoms with van der Waals surface area (Å²) in [6.07, 6.45) is 3.83. The van der Waals surface area contributed by atoms with Crippen molar-refractivity contribution < 1.29 is 4.79 Å². The summed E-state index contributed by atoms with van der Waals surface area (Å²) in [4.78, 5) is 16.2. The van der Waals surface area contributed by atoms with Crippen LogP contribution in [0.5, 0.6) is 0 Å². The van der Waals surface area contributed by atoms with Crippen LogP contribution in [-0.4, -0.2) is 16.7 Å². The van der Waals surface area contributed by atoms with Crippen molar-refractivity contribution in [3.05, 3.63) is 124 Å². The largest absolute Gasteiger partial charge is 0.357 e. The summed E-state index contributed by atoms with van der Waals surface area (Å²) in [5.41, 5.74) is 1.64. The van der Waals surface area contributed by atoms with Crippen LogP contribution in [0.3, 0.4) is 0 Å². The molecule has 0 bridgehead atoms. The molecule has 1 saturated heterocycles. The molecule has 0 aromatic heterocycles. The van der Waals surface area contributed by atoms with Crippen molar-refractivity contribution in [1.29, 1.82) is 10.5 Å². The minimum atomic E-state index is -1.50. The molecule has 6 rings (SSSR count). The van der Waals surface area contributed by atoms with Gasteiger partial charge in [0.2, 0.25) is 0 Å². The first-order chi connectivity index (χ1) is 17.6. The Kier molecular flexibility index (Phi) is 5.15. The van der Waals surface area contributed by atoms with Gasteiger partial charge in [0.05, 0.1) is 18.2 Å². The molecular weight excluding hydrogens is 466 g/mol. The van der Waals surface area contributed by atoms with Crippen LogP contribution in [0.4, 0.5) is 0 Å². The first-order valence-electron chi connectivity index (χ1n) is 11.7. The van der Waals surface area contributed by atoms with Gasteiger partial charge in [-0.05, 0) is 57.8 Å². The predicted molar refractivity (Wildman–Crippen MR) is 140 cm³/mol. The SMILES string of the molecule is N#CC1(C#N)[C@@H]2c3ccccc3C=CN2[C@@H](C(=O)c2ccc(Cl)cc2)[C@@H]1c1cccc2ccccc12. The molecule has 0 saturated carbocycles. The molecule has 0 aliphatic carbocycles. The second-order valence-electron chi connectivity index (χ2n) is 9.25. The Morgan fingerprint density at radius 1 is 0.833 bits per heavy atom. The van der Waals surface area contributed by atoms with E-state index in [0.717, 1.165) is 27.5 Å². The number of nitrogens with zero attached hydrogens (tertiary/aromatic N) is 3. The van der Waals surface area contributed by atoms with E-state index < -0.39 is 23.4 Å². The molecular formula is C31H20ClN3O. The maximum atomic E-state index is 14.2. The van der Waals surface area contributed by atoms with Crippen molar-refractivity contribution in [1.82, 2.24) is 4.90 Å². The molecule has 1 fully saturated rings. The highest BCUT2D eigenvalue weighted by atomic mass is 35.5. The van der Waals surface area contributed by atoms with Crippen molar-refractivity contribution >= 4 is 34.2 Å². The third kappa shape index (κ3) is 3.09. The lowest BCUT2D eigenvalue weighted by molar-refractivity contribution is 0.0875. The van der Waals surface area contributed by atoms with Crippen LogP contribution in [0, 0.1) is 28.1 Å². The van der Waals surface area contributed by atoms with Crippen molar-refractivity contribution in [3.63, 3.8) is 0 Å². The van der Waals surface area contributed by atoms with E-state index in [9.17, 15) is 15.3 Å². The van der Waals surface area contributed by atoms with E-state index in [2.05, 4.69) is 12.1 Å². The standard InChI is InChI=1S/C31H20ClN3O/c32-23-14-12-22(13-15-23)29(36)28-27(26-11-5-8-20-6-1-3-9-24(20)26)31(18-33,19-34)30-25-10-4-2-7-21(25)16-17-35(28)30/h1-17,27-28,30H/t27-,28+,30-/m0/s1. The van der Waals surface area contributed by atoms with E-state index in [-0.39, 0.29) is 5.78 Å². The Morgan fingerprint density at radius 2 is 1.50 bits per heavy atom. The average Bonchev–Trinajstić information content (AvgIpc) is 3.23. The zero-order valence-electron chi connectivity index (χ0n) is 19.2. The normalized spacial score (nSPS) is 21.3. The zero-order chi connectivity index (χ0) is 24.9. The first-order valence-corrected chi connectivity index (χ1v) is 12.1. The fourth-order valence-corrected chi connectivity index (χ4v) is 6.07. The van der Waals surface area contributed by atoms with Gasteiger partial charge in [-0.1, -0.05) is 78.3 Å². The van der Waals surface area contributed by atoms with Crippen LogP contribution in [0.15, 0.2) is 97.2 Å². The van der Waals surface area contributed by atoms with Gasteiger partial charge in [-0.15, -0.1) is 0 Å². The fourth-order valence-electron chi connectivity index (χ4n) is 5.94. The third-order valence-electron chi connectivity index (χ3n) is 7.50. The molecule has 0 amide bonds. The van der Waals surface area contributed by atoms with Gasteiger partial charge in [0, 0.05) is 22.7 Å². The molecule has 36 heavy (non-hydrogen) atoms. The lowest BCUT2D eigenvalue weighted by Crippen LogP contribution is -2.37. The molecule has 4 aromatic rings. The van der Waals surface area contributed by atoms with Crippen molar-refractivity contribution in [3.8, 4) is 12.1 Å². The molecule has 2 heterocycles. The van der Waals surface area contributed by atoms with E-state index in [0.29, 0.717) is 10.6 Å². The quantitative estimate of drug-likeness (QED) is 0.296. The predicted octanol–water partition coefficient (Wildman–Crippen LogP) is 6.90. The Bertz CT molecular complexity index is 1610. The number of Topliss-reactive ketones (excluding diaryl/α,β-unsaturated/α-hetero) is 1. The number of rotatable bonds is 3. The molecule has 2 aliphatic heterocycles. The number of carbonyl (C=O) groups excluding carboxylic acids is 1. The Morgan fingerprint density at radius 3 is 2.28 bits per heavy atom. The van der Waals surface area contributed by atoms with Gasteiger partial charge in [0.25, 0.3) is 0 Å². The second kappa shape index (κ2) is 8.38. The molecule has 0 N–H and O–H groups in total. The number of hydrogen-bond acceptors (Lipinski definition) is 4. The van der Waals surface area contributed by atoms with Crippen molar-refractivity contribution in [2.24, 2.45) is 5.41 Å². The van der Waals surface area contributed by atoms with E-state index >= 15 is 0 Å². The van der Waals surface area contributed by atoms with Gasteiger partial charge < -0.3 is 4.90 Å². The van der Waals surface area contributed by atoms with E-state index in [1.807, 2.05) is 83.9 Å². The summed E-state index contributed by atoms with van der Waals surface area (Å²) in [5, 5.41) is 24.0. The number of carbonyl (C=O) groups is 1. The highest BCUT2D eigenvalue weighted by molar-refractivity contribution is 6.30. The summed E-state index contributed by atoms with van der Waals surface area (Å²) >= 11 is 6.10. The average molecular weight is 486 g/mol. The summed E-state index contributed by atoms with van der Waals surface area (Å²) in [6, 6.07) is 31.9. The fraction of sp³-hybridized carbons (Fsp3) is 0.129. The van der Waals surface area contributed by atoms with Gasteiger partial charge in [0.15, 0.2) is 11.2 Å². The number of halogens is 1. The van der Waals surface area contributed by atoms with Crippen molar-refractivity contribution in [2.45, 2.75) is 18.0 Å². The molecule has 5 heteroatoms. The lowest BCUT2D eigenvalue weighted by Gasteiger charge is -2.34. The van der Waals surface area contributed by atoms with Gasteiger partial charge >= 0.3 is 0 Å². The molecule has 2 aliphatic rings. The Balaban J connectivity index is 1.66. The Hall–Kier alpha value is -4.38. The molecule has 0 unspecified atom stereocenters. The van der Waals surface area contributed by atoms with Crippen LogP contribution >= 0.6 is 11.6 Å². The van der Waals surface area contributed by atoms with Gasteiger partial charge in [0.1, 0.15) is 6.04 Å². The van der Waals surface area contributed by atoms with Gasteiger partial charge in [-0.25, -0.2) is 0 Å². The summed E-state index contributed by atoms with van der Waals surface area (Å²) in [6.45, 7) is 0. The zero-order valence-corrected chi connectivity index (χ0v) is 19.9. The van der Waals surface area contributed by atoms with Crippen LogP contribution in [-0.2, 0) is 0 Å². The third-order valence-corrected chi connectivity index (χ3v) is 7.75. The van der Waals surface area contributed by atoms with Gasteiger partial charge in [-0.3, -0.25) is 4.79 Å². The first kappa shape index (κ1) is 22.1. The molecule has 4 nitrogen and oxygen atoms in total. The van der Waals surface area contributed by atoms with Crippen LogP contribution in [0.25, 0.3) is 16.8 Å². The summed E-state index contributed by atoms with van der Waals surface area (Å²) < 4.78 is 0. The second-order valence-corrected chi connectivity index (χ2v) is 9.69. The number of benzene rings is 4. The number of hydrogen-bond donors (Lipinski definition) is 0. The van der Waals surface area contributed by atoms with Crippen LogP contribution in [0.2, 0.25) is 5.02 Å². The minimum absolute atomic E-state index is 0.147. The Labute approximate surface area is 214 Å². The van der Waals surface area contributed by atoms with E-state index in [1.54, 1.807) is 24.3 Å². The van der Waals surface area contributed by atoms with Crippen LogP contribution in [0.1, 0.15) is 39.0 Å². The number of fused-ring (bicyclic) bond motifs is 4. The monoisotopic (exact) mass is 485 g/mol. The maximum Gasteiger partial charge on any atom is 0.185 e. The summed E-state index contributed by atoms with van der Waals surface area (Å²) in [5.74, 6) is -0.839. The van der Waals surface area contributed by atoms with Gasteiger partial charge in [-0.2, -0.15) is 10.5 Å². The molecule has 172 valence electrons. The molecule has 0 radical (unpaired) electrons. The molecule has 4 aromatic carbocycles. The number of ketones is 1.